The van der Waals surface area contributed by atoms with E-state index in [0.717, 1.165) is 30.4 Å². The fourth-order valence-electron chi connectivity index (χ4n) is 3.67. The third-order valence-corrected chi connectivity index (χ3v) is 5.08. The molecule has 4 rings (SSSR count). The van der Waals surface area contributed by atoms with E-state index in [0.29, 0.717) is 5.92 Å². The predicted molar refractivity (Wildman–Crippen MR) is 99.0 cm³/mol. The van der Waals surface area contributed by atoms with Gasteiger partial charge in [0.25, 0.3) is 5.69 Å². The SMILES string of the molecule is O=C(Cn1ccc2cc([N+](=O)[O-])ccc21)N1CC[C@H](c2ccccc2)C1. The van der Waals surface area contributed by atoms with Crippen LogP contribution in [0.3, 0.4) is 0 Å². The normalized spacial score (nSPS) is 16.9. The number of non-ortho nitro benzene ring substituents is 1. The van der Waals surface area contributed by atoms with Crippen molar-refractivity contribution >= 4 is 22.5 Å². The lowest BCUT2D eigenvalue weighted by atomic mass is 9.99. The summed E-state index contributed by atoms with van der Waals surface area (Å²) in [5.41, 5.74) is 2.18. The Morgan fingerprint density at radius 3 is 2.73 bits per heavy atom. The van der Waals surface area contributed by atoms with E-state index in [1.165, 1.54) is 17.7 Å². The highest BCUT2D eigenvalue weighted by Gasteiger charge is 2.27. The van der Waals surface area contributed by atoms with Gasteiger partial charge in [0.2, 0.25) is 5.91 Å². The van der Waals surface area contributed by atoms with Crippen LogP contribution in [-0.2, 0) is 11.3 Å². The van der Waals surface area contributed by atoms with E-state index in [1.807, 2.05) is 39.9 Å². The van der Waals surface area contributed by atoms with Crippen molar-refractivity contribution in [3.8, 4) is 0 Å². The molecule has 2 heterocycles. The molecule has 1 saturated heterocycles. The molecule has 0 aliphatic carbocycles. The first-order valence-electron chi connectivity index (χ1n) is 8.68. The summed E-state index contributed by atoms with van der Waals surface area (Å²) in [7, 11) is 0. The highest BCUT2D eigenvalue weighted by Crippen LogP contribution is 2.27. The number of nitrogens with zero attached hydrogens (tertiary/aromatic N) is 3. The quantitative estimate of drug-likeness (QED) is 0.534. The number of carbonyl (C=O) groups excluding carboxylic acids is 1. The van der Waals surface area contributed by atoms with Crippen LogP contribution in [0.15, 0.2) is 60.8 Å². The van der Waals surface area contributed by atoms with Gasteiger partial charge in [-0.2, -0.15) is 0 Å². The fraction of sp³-hybridized carbons (Fsp3) is 0.250. The van der Waals surface area contributed by atoms with Crippen molar-refractivity contribution < 1.29 is 9.72 Å². The number of carbonyl (C=O) groups is 1. The topological polar surface area (TPSA) is 68.4 Å². The summed E-state index contributed by atoms with van der Waals surface area (Å²) < 4.78 is 1.86. The van der Waals surface area contributed by atoms with E-state index in [2.05, 4.69) is 12.1 Å². The molecule has 0 spiro atoms. The summed E-state index contributed by atoms with van der Waals surface area (Å²) in [6.45, 7) is 1.76. The van der Waals surface area contributed by atoms with Crippen LogP contribution in [0.1, 0.15) is 17.9 Å². The molecule has 0 N–H and O–H groups in total. The molecule has 0 saturated carbocycles. The number of amides is 1. The van der Waals surface area contributed by atoms with Gasteiger partial charge < -0.3 is 9.47 Å². The summed E-state index contributed by atoms with van der Waals surface area (Å²) >= 11 is 0. The molecule has 1 fully saturated rings. The van der Waals surface area contributed by atoms with Gasteiger partial charge in [-0.3, -0.25) is 14.9 Å². The van der Waals surface area contributed by atoms with Gasteiger partial charge in [0.05, 0.1) is 4.92 Å². The minimum absolute atomic E-state index is 0.0619. The lowest BCUT2D eigenvalue weighted by Crippen LogP contribution is -2.31. The van der Waals surface area contributed by atoms with Gasteiger partial charge in [-0.05, 0) is 24.1 Å². The lowest BCUT2D eigenvalue weighted by Gasteiger charge is -2.17. The molecule has 3 aromatic rings. The molecule has 0 radical (unpaired) electrons. The standard InChI is InChI=1S/C20H19N3O3/c24-20(22-11-9-17(13-22)15-4-2-1-3-5-15)14-21-10-8-16-12-18(23(25)26)6-7-19(16)21/h1-8,10,12,17H,9,11,13-14H2/t17-/m0/s1. The number of hydrogen-bond donors (Lipinski definition) is 0. The maximum atomic E-state index is 12.7. The van der Waals surface area contributed by atoms with Gasteiger partial charge in [-0.25, -0.2) is 0 Å². The Labute approximate surface area is 150 Å². The average molecular weight is 349 g/mol. The van der Waals surface area contributed by atoms with E-state index < -0.39 is 4.92 Å². The van der Waals surface area contributed by atoms with Crippen molar-refractivity contribution in [2.75, 3.05) is 13.1 Å². The fourth-order valence-corrected chi connectivity index (χ4v) is 3.67. The number of rotatable bonds is 4. The Hall–Kier alpha value is -3.15. The molecular formula is C20H19N3O3. The zero-order valence-electron chi connectivity index (χ0n) is 14.2. The summed E-state index contributed by atoms with van der Waals surface area (Å²) in [6.07, 6.45) is 2.80. The molecule has 0 unspecified atom stereocenters. The van der Waals surface area contributed by atoms with Crippen molar-refractivity contribution in [1.82, 2.24) is 9.47 Å². The number of aromatic nitrogens is 1. The van der Waals surface area contributed by atoms with Crippen LogP contribution in [0, 0.1) is 10.1 Å². The molecule has 1 aliphatic rings. The van der Waals surface area contributed by atoms with Crippen LogP contribution >= 0.6 is 0 Å². The molecule has 2 aromatic carbocycles. The summed E-state index contributed by atoms with van der Waals surface area (Å²) in [5, 5.41) is 11.7. The van der Waals surface area contributed by atoms with Gasteiger partial charge in [-0.15, -0.1) is 0 Å². The Kier molecular flexibility index (Phi) is 4.16. The van der Waals surface area contributed by atoms with E-state index >= 15 is 0 Å². The van der Waals surface area contributed by atoms with E-state index in [4.69, 9.17) is 0 Å². The van der Waals surface area contributed by atoms with Gasteiger partial charge >= 0.3 is 0 Å². The third-order valence-electron chi connectivity index (χ3n) is 5.08. The van der Waals surface area contributed by atoms with Gasteiger partial charge in [0, 0.05) is 48.2 Å². The second-order valence-electron chi connectivity index (χ2n) is 6.68. The van der Waals surface area contributed by atoms with Crippen LogP contribution in [0.4, 0.5) is 5.69 Å². The van der Waals surface area contributed by atoms with Gasteiger partial charge in [-0.1, -0.05) is 30.3 Å². The van der Waals surface area contributed by atoms with Crippen molar-refractivity contribution in [1.29, 1.82) is 0 Å². The molecule has 6 heteroatoms. The minimum Gasteiger partial charge on any atom is -0.341 e. The van der Waals surface area contributed by atoms with Crippen LogP contribution in [-0.4, -0.2) is 33.4 Å². The van der Waals surface area contributed by atoms with E-state index in [9.17, 15) is 14.9 Å². The zero-order chi connectivity index (χ0) is 18.1. The first-order chi connectivity index (χ1) is 12.6. The minimum atomic E-state index is -0.407. The number of fused-ring (bicyclic) bond motifs is 1. The molecular weight excluding hydrogens is 330 g/mol. The number of likely N-dealkylation sites (tertiary alicyclic amines) is 1. The number of nitro benzene ring substituents is 1. The first kappa shape index (κ1) is 16.3. The molecule has 6 nitrogen and oxygen atoms in total. The molecule has 1 amide bonds. The molecule has 26 heavy (non-hydrogen) atoms. The maximum absolute atomic E-state index is 12.7. The maximum Gasteiger partial charge on any atom is 0.270 e. The van der Waals surface area contributed by atoms with E-state index in [1.54, 1.807) is 6.07 Å². The lowest BCUT2D eigenvalue weighted by molar-refractivity contribution is -0.384. The highest BCUT2D eigenvalue weighted by molar-refractivity contribution is 5.85. The van der Waals surface area contributed by atoms with Crippen LogP contribution in [0.5, 0.6) is 0 Å². The average Bonchev–Trinajstić information content (AvgIpc) is 3.30. The van der Waals surface area contributed by atoms with Crippen LogP contribution in [0.25, 0.3) is 10.9 Å². The number of hydrogen-bond acceptors (Lipinski definition) is 3. The monoisotopic (exact) mass is 349 g/mol. The summed E-state index contributed by atoms with van der Waals surface area (Å²) in [5.74, 6) is 0.475. The molecule has 1 aromatic heterocycles. The van der Waals surface area contributed by atoms with Gasteiger partial charge in [0.15, 0.2) is 0 Å². The van der Waals surface area contributed by atoms with Crippen molar-refractivity contribution in [2.24, 2.45) is 0 Å². The number of nitro groups is 1. The predicted octanol–water partition coefficient (Wildman–Crippen LogP) is 3.57. The van der Waals surface area contributed by atoms with Crippen molar-refractivity contribution in [3.05, 3.63) is 76.5 Å². The third kappa shape index (κ3) is 3.06. The largest absolute Gasteiger partial charge is 0.341 e. The first-order valence-corrected chi connectivity index (χ1v) is 8.68. The Morgan fingerprint density at radius 2 is 1.96 bits per heavy atom. The van der Waals surface area contributed by atoms with E-state index in [-0.39, 0.29) is 18.1 Å². The molecule has 0 bridgehead atoms. The second kappa shape index (κ2) is 6.63. The summed E-state index contributed by atoms with van der Waals surface area (Å²) in [6, 6.07) is 16.8. The molecule has 132 valence electrons. The van der Waals surface area contributed by atoms with Crippen LogP contribution in [0.2, 0.25) is 0 Å². The Bertz CT molecular complexity index is 965. The number of benzene rings is 2. The second-order valence-corrected chi connectivity index (χ2v) is 6.68. The highest BCUT2D eigenvalue weighted by atomic mass is 16.6. The van der Waals surface area contributed by atoms with Crippen molar-refractivity contribution in [3.63, 3.8) is 0 Å². The Morgan fingerprint density at radius 1 is 1.15 bits per heavy atom. The van der Waals surface area contributed by atoms with Crippen molar-refractivity contribution in [2.45, 2.75) is 18.9 Å². The zero-order valence-corrected chi connectivity index (χ0v) is 14.2. The molecule has 1 aliphatic heterocycles. The summed E-state index contributed by atoms with van der Waals surface area (Å²) in [4.78, 5) is 25.1. The van der Waals surface area contributed by atoms with Crippen LogP contribution < -0.4 is 0 Å². The Balaban J connectivity index is 1.47. The molecule has 1 atom stereocenters. The van der Waals surface area contributed by atoms with Gasteiger partial charge in [0.1, 0.15) is 6.54 Å². The smallest absolute Gasteiger partial charge is 0.270 e.